The molecule has 1 spiro atoms. The first-order valence-corrected chi connectivity index (χ1v) is 20.6. The summed E-state index contributed by atoms with van der Waals surface area (Å²) in [4.78, 5) is 5.45. The Morgan fingerprint density at radius 3 is 1.97 bits per heavy atom. The maximum absolute atomic E-state index is 6.41. The molecule has 60 heavy (non-hydrogen) atoms. The molecule has 0 bridgehead atoms. The minimum absolute atomic E-state index is 0.542. The number of fused-ring (bicyclic) bond motifs is 18. The number of nitrogens with zero attached hydrogens (tertiary/aromatic N) is 3. The molecule has 1 aliphatic heterocycles. The minimum Gasteiger partial charge on any atom is -0.455 e. The van der Waals surface area contributed by atoms with E-state index in [4.69, 9.17) is 9.40 Å². The van der Waals surface area contributed by atoms with E-state index >= 15 is 0 Å². The van der Waals surface area contributed by atoms with Crippen molar-refractivity contribution in [2.24, 2.45) is 0 Å². The van der Waals surface area contributed by atoms with Gasteiger partial charge < -0.3 is 8.98 Å². The third-order valence-electron chi connectivity index (χ3n) is 13.3. The number of benzene rings is 9. The van der Waals surface area contributed by atoms with Gasteiger partial charge in [-0.1, -0.05) is 140 Å². The molecule has 0 amide bonds. The summed E-state index contributed by atoms with van der Waals surface area (Å²) >= 11 is 0. The second-order valence-electron chi connectivity index (χ2n) is 16.2. The summed E-state index contributed by atoms with van der Waals surface area (Å²) in [5.41, 5.74) is 19.1. The fourth-order valence-corrected chi connectivity index (χ4v) is 10.8. The molecule has 0 N–H and O–H groups in total. The van der Waals surface area contributed by atoms with Crippen molar-refractivity contribution in [2.45, 2.75) is 5.41 Å². The van der Waals surface area contributed by atoms with Crippen LogP contribution in [0.2, 0.25) is 0 Å². The number of para-hydroxylation sites is 6. The highest BCUT2D eigenvalue weighted by Gasteiger charge is 2.54. The lowest BCUT2D eigenvalue weighted by Gasteiger charge is -2.27. The van der Waals surface area contributed by atoms with Crippen molar-refractivity contribution in [2.75, 3.05) is 0 Å². The molecule has 0 saturated carbocycles. The van der Waals surface area contributed by atoms with E-state index in [1.165, 1.54) is 66.4 Å². The highest BCUT2D eigenvalue weighted by molar-refractivity contribution is 6.11. The molecule has 4 heterocycles. The van der Waals surface area contributed by atoms with Gasteiger partial charge in [0, 0.05) is 32.8 Å². The highest BCUT2D eigenvalue weighted by atomic mass is 16.3. The van der Waals surface area contributed by atoms with Crippen molar-refractivity contribution < 1.29 is 4.42 Å². The zero-order chi connectivity index (χ0) is 39.1. The summed E-state index contributed by atoms with van der Waals surface area (Å²) in [7, 11) is 0. The summed E-state index contributed by atoms with van der Waals surface area (Å²) in [5, 5.41) is 4.74. The molecule has 0 fully saturated rings. The predicted molar refractivity (Wildman–Crippen MR) is 244 cm³/mol. The van der Waals surface area contributed by atoms with Crippen LogP contribution in [0.3, 0.4) is 0 Å². The molecular formula is C56H33N3O. The second kappa shape index (κ2) is 11.6. The molecule has 278 valence electrons. The topological polar surface area (TPSA) is 35.9 Å². The van der Waals surface area contributed by atoms with Gasteiger partial charge in [0.1, 0.15) is 22.4 Å². The molecule has 2 aliphatic rings. The summed E-state index contributed by atoms with van der Waals surface area (Å²) in [6, 6.07) is 72.8. The van der Waals surface area contributed by atoms with Gasteiger partial charge in [0.05, 0.1) is 27.8 Å². The number of furan rings is 1. The normalized spacial score (nSPS) is 15.1. The van der Waals surface area contributed by atoms with E-state index in [1.54, 1.807) is 0 Å². The van der Waals surface area contributed by atoms with Crippen LogP contribution in [0.1, 0.15) is 22.5 Å². The molecule has 9 aromatic carbocycles. The third kappa shape index (κ3) is 4.02. The van der Waals surface area contributed by atoms with Crippen LogP contribution < -0.4 is 0 Å². The number of rotatable bonds is 3. The van der Waals surface area contributed by atoms with Crippen LogP contribution in [0.4, 0.5) is 0 Å². The minimum atomic E-state index is -0.542. The van der Waals surface area contributed by atoms with Gasteiger partial charge in [0.2, 0.25) is 0 Å². The van der Waals surface area contributed by atoms with Gasteiger partial charge in [-0.05, 0) is 105 Å². The van der Waals surface area contributed by atoms with Gasteiger partial charge in [0.25, 0.3) is 0 Å². The molecule has 4 nitrogen and oxygen atoms in total. The van der Waals surface area contributed by atoms with E-state index in [-0.39, 0.29) is 0 Å². The average molecular weight is 764 g/mol. The van der Waals surface area contributed by atoms with Crippen LogP contribution in [0.25, 0.3) is 99.5 Å². The summed E-state index contributed by atoms with van der Waals surface area (Å²) in [6.45, 7) is 0. The van der Waals surface area contributed by atoms with Crippen LogP contribution in [0.5, 0.6) is 0 Å². The van der Waals surface area contributed by atoms with Crippen LogP contribution in [-0.2, 0) is 5.41 Å². The van der Waals surface area contributed by atoms with E-state index < -0.39 is 5.41 Å². The summed E-state index contributed by atoms with van der Waals surface area (Å²) in [5.74, 6) is 1.06. The lowest BCUT2D eigenvalue weighted by molar-refractivity contribution is 0.670. The van der Waals surface area contributed by atoms with Crippen LogP contribution in [0, 0.1) is 0 Å². The lowest BCUT2D eigenvalue weighted by Crippen LogP contribution is -2.27. The van der Waals surface area contributed by atoms with Gasteiger partial charge in [-0.15, -0.1) is 0 Å². The zero-order valence-corrected chi connectivity index (χ0v) is 32.3. The predicted octanol–water partition coefficient (Wildman–Crippen LogP) is 14.0. The van der Waals surface area contributed by atoms with Crippen molar-refractivity contribution in [3.8, 4) is 44.8 Å². The second-order valence-corrected chi connectivity index (χ2v) is 16.2. The first kappa shape index (κ1) is 32.1. The van der Waals surface area contributed by atoms with Gasteiger partial charge in [-0.2, -0.15) is 0 Å². The van der Waals surface area contributed by atoms with Gasteiger partial charge in [-0.25, -0.2) is 4.98 Å². The van der Waals surface area contributed by atoms with Gasteiger partial charge in [-0.3, -0.25) is 4.57 Å². The molecule has 3 aromatic heterocycles. The zero-order valence-electron chi connectivity index (χ0n) is 32.3. The molecule has 12 aromatic rings. The summed E-state index contributed by atoms with van der Waals surface area (Å²) < 4.78 is 11.2. The van der Waals surface area contributed by atoms with Gasteiger partial charge >= 0.3 is 0 Å². The van der Waals surface area contributed by atoms with Crippen LogP contribution in [-0.4, -0.2) is 14.1 Å². The fraction of sp³-hybridized carbons (Fsp3) is 0.0179. The van der Waals surface area contributed by atoms with Gasteiger partial charge in [0.15, 0.2) is 0 Å². The molecule has 0 radical (unpaired) electrons. The molecule has 4 heteroatoms. The molecule has 0 saturated heterocycles. The van der Waals surface area contributed by atoms with E-state index in [0.717, 1.165) is 55.6 Å². The smallest absolute Gasteiger partial charge is 0.143 e. The third-order valence-corrected chi connectivity index (χ3v) is 13.3. The quantitative estimate of drug-likeness (QED) is 0.180. The fourth-order valence-electron chi connectivity index (χ4n) is 10.8. The van der Waals surface area contributed by atoms with Crippen LogP contribution >= 0.6 is 0 Å². The first-order chi connectivity index (χ1) is 29.8. The SMILES string of the molecule is c1ccc2c(c1)-c1ccc(-c3ccc4c(c3)c3ccccc3n4-c3ccc(-c4cccc5c4oc4ccccc45)cc3)cc1C21c2ccccc2-n2c1nc1ccccc12. The van der Waals surface area contributed by atoms with Crippen molar-refractivity contribution in [3.05, 3.63) is 223 Å². The van der Waals surface area contributed by atoms with E-state index in [1.807, 2.05) is 12.1 Å². The maximum Gasteiger partial charge on any atom is 0.143 e. The molecular weight excluding hydrogens is 731 g/mol. The number of aromatic nitrogens is 3. The Kier molecular flexibility index (Phi) is 6.19. The first-order valence-electron chi connectivity index (χ1n) is 20.6. The average Bonchev–Trinajstić information content (AvgIpc) is 4.10. The van der Waals surface area contributed by atoms with E-state index in [9.17, 15) is 0 Å². The van der Waals surface area contributed by atoms with Crippen LogP contribution in [0.15, 0.2) is 205 Å². The van der Waals surface area contributed by atoms with Crippen molar-refractivity contribution in [1.82, 2.24) is 14.1 Å². The summed E-state index contributed by atoms with van der Waals surface area (Å²) in [6.07, 6.45) is 0. The van der Waals surface area contributed by atoms with Crippen molar-refractivity contribution in [3.63, 3.8) is 0 Å². The Labute approximate surface area is 344 Å². The Balaban J connectivity index is 0.927. The van der Waals surface area contributed by atoms with Crippen molar-refractivity contribution >= 4 is 54.8 Å². The number of imidazole rings is 1. The largest absolute Gasteiger partial charge is 0.455 e. The van der Waals surface area contributed by atoms with E-state index in [0.29, 0.717) is 0 Å². The van der Waals surface area contributed by atoms with Crippen molar-refractivity contribution in [1.29, 1.82) is 0 Å². The standard InChI is InChI=1S/C56H33N3O/c1-4-17-45-39(12-1)40-30-26-36(33-47(40)56(45)46-18-5-8-21-51(46)59-52-22-9-6-19-48(52)57-55(56)59)35-27-31-50-44(32-35)41-13-2-7-20-49(41)58(50)37-28-24-34(25-29-37)38-15-11-16-43-42-14-3-10-23-53(42)60-54(38)43/h1-33H. The monoisotopic (exact) mass is 763 g/mol. The molecule has 1 aliphatic carbocycles. The Bertz CT molecular complexity index is 3790. The Morgan fingerprint density at radius 2 is 1.05 bits per heavy atom. The molecule has 14 rings (SSSR count). The number of hydrogen-bond acceptors (Lipinski definition) is 2. The lowest BCUT2D eigenvalue weighted by atomic mass is 9.72. The maximum atomic E-state index is 6.41. The molecule has 1 atom stereocenters. The number of hydrogen-bond donors (Lipinski definition) is 0. The Hall–Kier alpha value is -7.95. The Morgan fingerprint density at radius 1 is 0.400 bits per heavy atom. The highest BCUT2D eigenvalue weighted by Crippen LogP contribution is 2.61. The molecule has 1 unspecified atom stereocenters. The van der Waals surface area contributed by atoms with E-state index in [2.05, 4.69) is 197 Å².